The average Bonchev–Trinajstić information content (AvgIpc) is 2.22. The molecule has 14 heavy (non-hydrogen) atoms. The van der Waals surface area contributed by atoms with E-state index in [1.54, 1.807) is 0 Å². The van der Waals surface area contributed by atoms with Crippen LogP contribution in [0.15, 0.2) is 46.5 Å². The zero-order chi connectivity index (χ0) is 11.0. The van der Waals surface area contributed by atoms with Crippen molar-refractivity contribution in [2.75, 3.05) is 4.43 Å². The molecule has 0 heterocycles. The minimum atomic E-state index is 0.940. The van der Waals surface area contributed by atoms with Crippen LogP contribution in [0.25, 0.3) is 0 Å². The largest absolute Gasteiger partial charge is 0.0955 e. The second-order valence-electron chi connectivity index (χ2n) is 3.05. The monoisotopic (exact) mass is 366 g/mol. The van der Waals surface area contributed by atoms with Gasteiger partial charge in [-0.05, 0) is 26.3 Å². The number of alkyl halides is 1. The number of allylic oxidation sites excluding steroid dienone is 7. The van der Waals surface area contributed by atoms with Crippen molar-refractivity contribution in [1.29, 1.82) is 0 Å². The Morgan fingerprint density at radius 2 is 2.07 bits per heavy atom. The molecule has 78 valence electrons. The van der Waals surface area contributed by atoms with Gasteiger partial charge in [0.2, 0.25) is 0 Å². The lowest BCUT2D eigenvalue weighted by molar-refractivity contribution is 1.24. The summed E-state index contributed by atoms with van der Waals surface area (Å²) in [4.78, 5) is 0. The maximum Gasteiger partial charge on any atom is 0.0203 e. The summed E-state index contributed by atoms with van der Waals surface area (Å²) >= 11 is 5.78. The SMILES string of the molecule is C=C(/C=C\C(Br)=C/C)C/C=C(\C)CI. The van der Waals surface area contributed by atoms with Gasteiger partial charge in [-0.2, -0.15) is 0 Å². The van der Waals surface area contributed by atoms with Gasteiger partial charge in [-0.15, -0.1) is 0 Å². The van der Waals surface area contributed by atoms with Crippen molar-refractivity contribution in [2.45, 2.75) is 20.3 Å². The molecule has 2 heteroatoms. The summed E-state index contributed by atoms with van der Waals surface area (Å²) in [6.45, 7) is 8.13. The molecule has 0 aromatic heterocycles. The van der Waals surface area contributed by atoms with Gasteiger partial charge in [0.05, 0.1) is 0 Å². The van der Waals surface area contributed by atoms with Gasteiger partial charge in [0.1, 0.15) is 0 Å². The van der Waals surface area contributed by atoms with Gasteiger partial charge in [-0.25, -0.2) is 0 Å². The van der Waals surface area contributed by atoms with Crippen LogP contribution in [0.1, 0.15) is 20.3 Å². The fourth-order valence-corrected chi connectivity index (χ4v) is 1.17. The zero-order valence-corrected chi connectivity index (χ0v) is 12.4. The van der Waals surface area contributed by atoms with Gasteiger partial charge in [0, 0.05) is 8.91 Å². The number of hydrogen-bond acceptors (Lipinski definition) is 0. The van der Waals surface area contributed by atoms with Gasteiger partial charge in [-0.3, -0.25) is 0 Å². The molecule has 0 aromatic rings. The molecule has 0 saturated carbocycles. The van der Waals surface area contributed by atoms with Crippen LogP contribution >= 0.6 is 38.5 Å². The fraction of sp³-hybridized carbons (Fsp3) is 0.333. The Labute approximate surface area is 109 Å². The van der Waals surface area contributed by atoms with Gasteiger partial charge >= 0.3 is 0 Å². The molecule has 0 atom stereocenters. The number of halogens is 2. The third-order valence-corrected chi connectivity index (χ3v) is 3.60. The summed E-state index contributed by atoms with van der Waals surface area (Å²) in [6.07, 6.45) is 9.24. The van der Waals surface area contributed by atoms with Crippen molar-refractivity contribution in [3.05, 3.63) is 46.5 Å². The Hall–Kier alpha value is 0.170. The van der Waals surface area contributed by atoms with Crippen LogP contribution < -0.4 is 0 Å². The molecule has 0 amide bonds. The first-order valence-corrected chi connectivity index (χ1v) is 6.81. The van der Waals surface area contributed by atoms with Crippen molar-refractivity contribution >= 4 is 38.5 Å². The van der Waals surface area contributed by atoms with E-state index in [-0.39, 0.29) is 0 Å². The molecule has 0 unspecified atom stereocenters. The summed E-state index contributed by atoms with van der Waals surface area (Å²) in [5, 5.41) is 0. The first-order valence-electron chi connectivity index (χ1n) is 4.49. The molecular formula is C12H16BrI. The number of hydrogen-bond donors (Lipinski definition) is 0. The molecule has 0 spiro atoms. The molecule has 0 saturated heterocycles. The summed E-state index contributed by atoms with van der Waals surface area (Å²) in [5.74, 6) is 0. The predicted octanol–water partition coefficient (Wildman–Crippen LogP) is 5.17. The highest BCUT2D eigenvalue weighted by atomic mass is 127. The van der Waals surface area contributed by atoms with E-state index in [0.717, 1.165) is 20.9 Å². The Morgan fingerprint density at radius 1 is 1.43 bits per heavy atom. The lowest BCUT2D eigenvalue weighted by Crippen LogP contribution is -1.78. The lowest BCUT2D eigenvalue weighted by atomic mass is 10.1. The van der Waals surface area contributed by atoms with E-state index in [1.807, 2.05) is 25.2 Å². The maximum absolute atomic E-state index is 3.99. The van der Waals surface area contributed by atoms with Gasteiger partial charge in [0.25, 0.3) is 0 Å². The van der Waals surface area contributed by atoms with E-state index in [1.165, 1.54) is 5.57 Å². The Morgan fingerprint density at radius 3 is 2.57 bits per heavy atom. The Bertz CT molecular complexity index is 272. The zero-order valence-electron chi connectivity index (χ0n) is 8.69. The topological polar surface area (TPSA) is 0 Å². The predicted molar refractivity (Wildman–Crippen MR) is 78.2 cm³/mol. The molecule has 0 aromatic carbocycles. The van der Waals surface area contributed by atoms with Crippen molar-refractivity contribution in [3.63, 3.8) is 0 Å². The fourth-order valence-electron chi connectivity index (χ4n) is 0.722. The molecule has 0 aliphatic rings. The quantitative estimate of drug-likeness (QED) is 0.272. The highest BCUT2D eigenvalue weighted by molar-refractivity contribution is 14.1. The van der Waals surface area contributed by atoms with E-state index in [2.05, 4.69) is 58.1 Å². The van der Waals surface area contributed by atoms with Gasteiger partial charge < -0.3 is 0 Å². The molecule has 0 nitrogen and oxygen atoms in total. The lowest BCUT2D eigenvalue weighted by Gasteiger charge is -1.96. The molecule has 0 radical (unpaired) electrons. The minimum Gasteiger partial charge on any atom is -0.0955 e. The van der Waals surface area contributed by atoms with Gasteiger partial charge in [0.15, 0.2) is 0 Å². The van der Waals surface area contributed by atoms with Crippen molar-refractivity contribution in [1.82, 2.24) is 0 Å². The second kappa shape index (κ2) is 8.48. The third-order valence-electron chi connectivity index (χ3n) is 1.68. The van der Waals surface area contributed by atoms with E-state index >= 15 is 0 Å². The highest BCUT2D eigenvalue weighted by Crippen LogP contribution is 2.11. The molecule has 0 N–H and O–H groups in total. The van der Waals surface area contributed by atoms with Crippen LogP contribution in [-0.2, 0) is 0 Å². The van der Waals surface area contributed by atoms with Crippen molar-refractivity contribution in [3.8, 4) is 0 Å². The van der Waals surface area contributed by atoms with Crippen LogP contribution in [0.5, 0.6) is 0 Å². The van der Waals surface area contributed by atoms with Crippen LogP contribution in [0, 0.1) is 0 Å². The van der Waals surface area contributed by atoms with Crippen LogP contribution in [0.4, 0.5) is 0 Å². The third kappa shape index (κ3) is 7.56. The number of rotatable bonds is 5. The average molecular weight is 367 g/mol. The first kappa shape index (κ1) is 14.2. The normalized spacial score (nSPS) is 13.7. The molecular weight excluding hydrogens is 351 g/mol. The molecule has 0 aliphatic heterocycles. The van der Waals surface area contributed by atoms with E-state index in [4.69, 9.17) is 0 Å². The van der Waals surface area contributed by atoms with Crippen molar-refractivity contribution < 1.29 is 0 Å². The molecule has 0 aliphatic carbocycles. The van der Waals surface area contributed by atoms with E-state index in [0.29, 0.717) is 0 Å². The maximum atomic E-state index is 3.99. The van der Waals surface area contributed by atoms with Crippen LogP contribution in [0.2, 0.25) is 0 Å². The highest BCUT2D eigenvalue weighted by Gasteiger charge is 1.88. The van der Waals surface area contributed by atoms with E-state index < -0.39 is 0 Å². The van der Waals surface area contributed by atoms with Gasteiger partial charge in [-0.1, -0.05) is 74.5 Å². The van der Waals surface area contributed by atoms with Crippen LogP contribution in [0.3, 0.4) is 0 Å². The van der Waals surface area contributed by atoms with Crippen molar-refractivity contribution in [2.24, 2.45) is 0 Å². The Kier molecular flexibility index (Phi) is 8.58. The summed E-state index contributed by atoms with van der Waals surface area (Å²) in [6, 6.07) is 0. The summed E-state index contributed by atoms with van der Waals surface area (Å²) in [5.41, 5.74) is 2.54. The summed E-state index contributed by atoms with van der Waals surface area (Å²) in [7, 11) is 0. The Balaban J connectivity index is 4.06. The molecule has 0 rings (SSSR count). The van der Waals surface area contributed by atoms with E-state index in [9.17, 15) is 0 Å². The smallest absolute Gasteiger partial charge is 0.0203 e. The molecule has 0 bridgehead atoms. The summed E-state index contributed by atoms with van der Waals surface area (Å²) < 4.78 is 2.18. The van der Waals surface area contributed by atoms with Crippen LogP contribution in [-0.4, -0.2) is 4.43 Å². The first-order chi connectivity index (χ1) is 6.60. The standard InChI is InChI=1S/C12H16BrI/c1-4-12(13)8-7-10(2)5-6-11(3)9-14/h4,6-8H,2,5,9H2,1,3H3/b8-7-,11-6+,12-4+. The second-order valence-corrected chi connectivity index (χ2v) is 4.73. The molecule has 0 fully saturated rings. The minimum absolute atomic E-state index is 0.940.